The number of carbonyl (C=O) groups excluding carboxylic acids is 1. The third-order valence-electron chi connectivity index (χ3n) is 3.83. The molecule has 132 valence electrons. The summed E-state index contributed by atoms with van der Waals surface area (Å²) in [5.41, 5.74) is 2.64. The molecule has 0 amide bonds. The minimum absolute atomic E-state index is 0.0450. The molecule has 2 N–H and O–H groups in total. The van der Waals surface area contributed by atoms with E-state index in [2.05, 4.69) is 20.6 Å². The number of benzene rings is 2. The van der Waals surface area contributed by atoms with E-state index in [9.17, 15) is 4.79 Å². The zero-order chi connectivity index (χ0) is 18.4. The van der Waals surface area contributed by atoms with Crippen LogP contribution in [0.4, 0.5) is 17.5 Å². The van der Waals surface area contributed by atoms with E-state index in [0.717, 1.165) is 17.0 Å². The van der Waals surface area contributed by atoms with Gasteiger partial charge in [-0.05, 0) is 55.0 Å². The molecule has 0 aliphatic carbocycles. The Morgan fingerprint density at radius 3 is 2.42 bits per heavy atom. The van der Waals surface area contributed by atoms with E-state index in [4.69, 9.17) is 4.74 Å². The standard InChI is InChI=1S/C20H20N4O2/c1-14(25)16-5-7-17(8-6-16)23-19-11-12-21-20(24-19)22-13-15-3-9-18(26-2)10-4-15/h3-12H,13H2,1-2H3,(H2,21,22,23,24). The number of hydrogen-bond donors (Lipinski definition) is 2. The maximum atomic E-state index is 11.3. The molecular formula is C20H20N4O2. The second-order valence-electron chi connectivity index (χ2n) is 5.73. The van der Waals surface area contributed by atoms with Gasteiger partial charge in [0.2, 0.25) is 5.95 Å². The monoisotopic (exact) mass is 348 g/mol. The van der Waals surface area contributed by atoms with Gasteiger partial charge in [-0.15, -0.1) is 0 Å². The molecule has 6 heteroatoms. The van der Waals surface area contributed by atoms with Gasteiger partial charge in [0, 0.05) is 24.0 Å². The number of Topliss-reactive ketones (excluding diaryl/α,β-unsaturated/α-hetero) is 1. The third kappa shape index (κ3) is 4.57. The molecule has 0 spiro atoms. The molecular weight excluding hydrogens is 328 g/mol. The molecule has 6 nitrogen and oxygen atoms in total. The maximum absolute atomic E-state index is 11.3. The zero-order valence-electron chi connectivity index (χ0n) is 14.7. The van der Waals surface area contributed by atoms with Crippen molar-refractivity contribution in [3.05, 3.63) is 71.9 Å². The van der Waals surface area contributed by atoms with Gasteiger partial charge < -0.3 is 15.4 Å². The summed E-state index contributed by atoms with van der Waals surface area (Å²) in [6.07, 6.45) is 1.69. The smallest absolute Gasteiger partial charge is 0.224 e. The highest BCUT2D eigenvalue weighted by Gasteiger charge is 2.02. The summed E-state index contributed by atoms with van der Waals surface area (Å²) in [6, 6.07) is 16.9. The summed E-state index contributed by atoms with van der Waals surface area (Å²) < 4.78 is 5.15. The van der Waals surface area contributed by atoms with E-state index in [0.29, 0.717) is 23.9 Å². The van der Waals surface area contributed by atoms with Crippen LogP contribution in [0, 0.1) is 0 Å². The topological polar surface area (TPSA) is 76.1 Å². The lowest BCUT2D eigenvalue weighted by molar-refractivity contribution is 0.101. The first-order valence-electron chi connectivity index (χ1n) is 8.22. The van der Waals surface area contributed by atoms with Crippen molar-refractivity contribution in [3.63, 3.8) is 0 Å². The lowest BCUT2D eigenvalue weighted by atomic mass is 10.1. The van der Waals surface area contributed by atoms with Crippen LogP contribution in [-0.4, -0.2) is 22.9 Å². The van der Waals surface area contributed by atoms with Crippen molar-refractivity contribution in [1.29, 1.82) is 0 Å². The Hall–Kier alpha value is -3.41. The molecule has 0 saturated carbocycles. The molecule has 0 aliphatic rings. The summed E-state index contributed by atoms with van der Waals surface area (Å²) in [4.78, 5) is 20.0. The Morgan fingerprint density at radius 1 is 1.04 bits per heavy atom. The van der Waals surface area contributed by atoms with Crippen LogP contribution in [-0.2, 0) is 6.54 Å². The van der Waals surface area contributed by atoms with Gasteiger partial charge in [0.05, 0.1) is 7.11 Å². The maximum Gasteiger partial charge on any atom is 0.224 e. The van der Waals surface area contributed by atoms with Crippen LogP contribution in [0.1, 0.15) is 22.8 Å². The molecule has 26 heavy (non-hydrogen) atoms. The van der Waals surface area contributed by atoms with Crippen molar-refractivity contribution in [2.45, 2.75) is 13.5 Å². The fourth-order valence-electron chi connectivity index (χ4n) is 2.37. The predicted octanol–water partition coefficient (Wildman–Crippen LogP) is 4.04. The molecule has 0 fully saturated rings. The quantitative estimate of drug-likeness (QED) is 0.628. The number of ether oxygens (including phenoxy) is 1. The molecule has 0 aliphatic heterocycles. The van der Waals surface area contributed by atoms with Gasteiger partial charge in [0.1, 0.15) is 11.6 Å². The number of methoxy groups -OCH3 is 1. The molecule has 0 atom stereocenters. The van der Waals surface area contributed by atoms with Crippen molar-refractivity contribution in [2.75, 3.05) is 17.7 Å². The summed E-state index contributed by atoms with van der Waals surface area (Å²) >= 11 is 0. The highest BCUT2D eigenvalue weighted by atomic mass is 16.5. The number of aromatic nitrogens is 2. The first-order valence-corrected chi connectivity index (χ1v) is 8.22. The average Bonchev–Trinajstić information content (AvgIpc) is 2.67. The number of nitrogens with one attached hydrogen (secondary N) is 2. The first-order chi connectivity index (χ1) is 12.6. The van der Waals surface area contributed by atoms with Crippen molar-refractivity contribution >= 4 is 23.2 Å². The second kappa shape index (κ2) is 8.11. The Kier molecular flexibility index (Phi) is 5.43. The minimum Gasteiger partial charge on any atom is -0.497 e. The van der Waals surface area contributed by atoms with Crippen LogP contribution in [0.2, 0.25) is 0 Å². The molecule has 1 heterocycles. The lowest BCUT2D eigenvalue weighted by Crippen LogP contribution is -2.05. The highest BCUT2D eigenvalue weighted by Crippen LogP contribution is 2.17. The van der Waals surface area contributed by atoms with Gasteiger partial charge in [-0.2, -0.15) is 4.98 Å². The number of rotatable bonds is 7. The van der Waals surface area contributed by atoms with Gasteiger partial charge in [-0.1, -0.05) is 12.1 Å². The van der Waals surface area contributed by atoms with E-state index in [-0.39, 0.29) is 5.78 Å². The van der Waals surface area contributed by atoms with E-state index in [1.165, 1.54) is 0 Å². The number of hydrogen-bond acceptors (Lipinski definition) is 6. The van der Waals surface area contributed by atoms with Gasteiger partial charge in [-0.25, -0.2) is 4.98 Å². The van der Waals surface area contributed by atoms with Crippen molar-refractivity contribution in [1.82, 2.24) is 9.97 Å². The van der Waals surface area contributed by atoms with E-state index in [1.807, 2.05) is 36.4 Å². The van der Waals surface area contributed by atoms with Crippen molar-refractivity contribution < 1.29 is 9.53 Å². The number of nitrogens with zero attached hydrogens (tertiary/aromatic N) is 2. The molecule has 2 aromatic carbocycles. The van der Waals surface area contributed by atoms with Crippen LogP contribution in [0.25, 0.3) is 0 Å². The Balaban J connectivity index is 1.62. The molecule has 1 aromatic heterocycles. The summed E-state index contributed by atoms with van der Waals surface area (Å²) in [7, 11) is 1.65. The molecule has 3 aromatic rings. The molecule has 0 radical (unpaired) electrons. The predicted molar refractivity (Wildman–Crippen MR) is 102 cm³/mol. The fourth-order valence-corrected chi connectivity index (χ4v) is 2.37. The Bertz CT molecular complexity index is 877. The number of anilines is 3. The third-order valence-corrected chi connectivity index (χ3v) is 3.83. The number of carbonyl (C=O) groups is 1. The normalized spacial score (nSPS) is 10.2. The van der Waals surface area contributed by atoms with Crippen LogP contribution < -0.4 is 15.4 Å². The van der Waals surface area contributed by atoms with E-state index >= 15 is 0 Å². The summed E-state index contributed by atoms with van der Waals surface area (Å²) in [5, 5.41) is 6.41. The van der Waals surface area contributed by atoms with Gasteiger partial charge in [0.25, 0.3) is 0 Å². The Labute approximate surface area is 152 Å². The lowest BCUT2D eigenvalue weighted by Gasteiger charge is -2.09. The summed E-state index contributed by atoms with van der Waals surface area (Å²) in [5.74, 6) is 2.08. The van der Waals surface area contributed by atoms with Crippen LogP contribution in [0.15, 0.2) is 60.8 Å². The largest absolute Gasteiger partial charge is 0.497 e. The fraction of sp³-hybridized carbons (Fsp3) is 0.150. The van der Waals surface area contributed by atoms with Crippen LogP contribution in [0.5, 0.6) is 5.75 Å². The highest BCUT2D eigenvalue weighted by molar-refractivity contribution is 5.94. The second-order valence-corrected chi connectivity index (χ2v) is 5.73. The van der Waals surface area contributed by atoms with Crippen LogP contribution >= 0.6 is 0 Å². The summed E-state index contributed by atoms with van der Waals surface area (Å²) in [6.45, 7) is 2.16. The molecule has 0 bridgehead atoms. The van der Waals surface area contributed by atoms with Gasteiger partial charge >= 0.3 is 0 Å². The first kappa shape index (κ1) is 17.4. The van der Waals surface area contributed by atoms with E-state index in [1.54, 1.807) is 38.4 Å². The molecule has 0 unspecified atom stereocenters. The Morgan fingerprint density at radius 2 is 1.77 bits per heavy atom. The van der Waals surface area contributed by atoms with Crippen LogP contribution in [0.3, 0.4) is 0 Å². The average molecular weight is 348 g/mol. The molecule has 3 rings (SSSR count). The van der Waals surface area contributed by atoms with Crippen molar-refractivity contribution in [2.24, 2.45) is 0 Å². The number of ketones is 1. The minimum atomic E-state index is 0.0450. The molecule has 0 saturated heterocycles. The zero-order valence-corrected chi connectivity index (χ0v) is 14.7. The van der Waals surface area contributed by atoms with Gasteiger partial charge in [-0.3, -0.25) is 4.79 Å². The van der Waals surface area contributed by atoms with Crippen molar-refractivity contribution in [3.8, 4) is 5.75 Å². The van der Waals surface area contributed by atoms with Gasteiger partial charge in [0.15, 0.2) is 5.78 Å². The van der Waals surface area contributed by atoms with E-state index < -0.39 is 0 Å². The SMILES string of the molecule is COc1ccc(CNc2nccc(Nc3ccc(C(C)=O)cc3)n2)cc1.